The van der Waals surface area contributed by atoms with Crippen LogP contribution in [0.1, 0.15) is 5.56 Å². The highest BCUT2D eigenvalue weighted by Gasteiger charge is 1.98. The summed E-state index contributed by atoms with van der Waals surface area (Å²) in [5.74, 6) is 2.88. The van der Waals surface area contributed by atoms with Gasteiger partial charge in [0.25, 0.3) is 0 Å². The molecule has 0 unspecified atom stereocenters. The molecule has 1 N–H and O–H groups in total. The van der Waals surface area contributed by atoms with Gasteiger partial charge in [0.2, 0.25) is 0 Å². The van der Waals surface area contributed by atoms with Crippen LogP contribution < -0.4 is 5.32 Å². The highest BCUT2D eigenvalue weighted by atomic mass is 16.5. The van der Waals surface area contributed by atoms with Crippen molar-refractivity contribution >= 4 is 17.6 Å². The van der Waals surface area contributed by atoms with Gasteiger partial charge in [-0.25, -0.2) is 4.79 Å². The molecule has 1 aromatic carbocycles. The lowest BCUT2D eigenvalue weighted by Gasteiger charge is -2.00. The Balaban J connectivity index is 2.60. The van der Waals surface area contributed by atoms with E-state index in [0.29, 0.717) is 5.69 Å². The van der Waals surface area contributed by atoms with Crippen LogP contribution in [-0.2, 0) is 14.3 Å². The molecule has 0 bridgehead atoms. The van der Waals surface area contributed by atoms with Crippen LogP contribution in [0.25, 0.3) is 0 Å². The number of aryl methyl sites for hydroxylation is 1. The van der Waals surface area contributed by atoms with Gasteiger partial charge in [0.1, 0.15) is 0 Å². The van der Waals surface area contributed by atoms with E-state index in [4.69, 9.17) is 0 Å². The number of amides is 1. The van der Waals surface area contributed by atoms with Crippen LogP contribution in [0.5, 0.6) is 0 Å². The second-order valence-corrected chi connectivity index (χ2v) is 3.06. The molecule has 0 saturated heterocycles. The fraction of sp³-hybridized carbons (Fsp3) is 0.167. The van der Waals surface area contributed by atoms with Crippen molar-refractivity contribution in [3.05, 3.63) is 29.8 Å². The Kier molecular flexibility index (Phi) is 4.10. The summed E-state index contributed by atoms with van der Waals surface area (Å²) in [6.45, 7) is 1.95. The Morgan fingerprint density at radius 3 is 2.38 bits per heavy atom. The summed E-state index contributed by atoms with van der Waals surface area (Å²) in [6.07, 6.45) is 0. The second-order valence-electron chi connectivity index (χ2n) is 3.06. The molecule has 0 fully saturated rings. The Morgan fingerprint density at radius 1 is 1.19 bits per heavy atom. The Labute approximate surface area is 93.6 Å². The minimum absolute atomic E-state index is 0.547. The lowest BCUT2D eigenvalue weighted by molar-refractivity contribution is -0.133. The van der Waals surface area contributed by atoms with E-state index in [1.165, 1.54) is 7.11 Å². The zero-order valence-electron chi connectivity index (χ0n) is 9.03. The van der Waals surface area contributed by atoms with Gasteiger partial charge >= 0.3 is 11.9 Å². The van der Waals surface area contributed by atoms with Gasteiger partial charge in [-0.3, -0.25) is 4.79 Å². The molecule has 0 radical (unpaired) electrons. The summed E-state index contributed by atoms with van der Waals surface area (Å²) in [5.41, 5.74) is 1.73. The van der Waals surface area contributed by atoms with Gasteiger partial charge in [0.15, 0.2) is 0 Å². The lowest BCUT2D eigenvalue weighted by Crippen LogP contribution is -2.09. The van der Waals surface area contributed by atoms with Gasteiger partial charge < -0.3 is 10.1 Å². The Hall–Kier alpha value is -2.28. The first kappa shape index (κ1) is 11.8. The van der Waals surface area contributed by atoms with Crippen molar-refractivity contribution in [3.63, 3.8) is 0 Å². The van der Waals surface area contributed by atoms with E-state index >= 15 is 0 Å². The number of rotatable bonds is 1. The third-order valence-electron chi connectivity index (χ3n) is 1.77. The molecule has 0 aliphatic heterocycles. The van der Waals surface area contributed by atoms with Crippen molar-refractivity contribution in [2.75, 3.05) is 12.4 Å². The first-order valence-corrected chi connectivity index (χ1v) is 4.59. The molecule has 0 aliphatic carbocycles. The molecule has 1 aromatic rings. The minimum Gasteiger partial charge on any atom is -0.459 e. The standard InChI is InChI=1S/C12H11NO3/c1-9-3-5-10(6-4-9)13-11(14)7-8-12(15)16-2/h3-6H,1-2H3,(H,13,14). The lowest BCUT2D eigenvalue weighted by atomic mass is 10.2. The molecule has 0 spiro atoms. The molecule has 0 heterocycles. The monoisotopic (exact) mass is 217 g/mol. The SMILES string of the molecule is COC(=O)C#CC(=O)Nc1ccc(C)cc1. The van der Waals surface area contributed by atoms with E-state index in [1.54, 1.807) is 12.1 Å². The summed E-state index contributed by atoms with van der Waals surface area (Å²) in [7, 11) is 1.20. The van der Waals surface area contributed by atoms with Gasteiger partial charge in [-0.15, -0.1) is 0 Å². The van der Waals surface area contributed by atoms with E-state index in [9.17, 15) is 9.59 Å². The number of esters is 1. The Morgan fingerprint density at radius 2 is 1.81 bits per heavy atom. The van der Waals surface area contributed by atoms with Crippen molar-refractivity contribution in [2.45, 2.75) is 6.92 Å². The first-order valence-electron chi connectivity index (χ1n) is 4.59. The molecule has 82 valence electrons. The van der Waals surface area contributed by atoms with Gasteiger partial charge in [-0.1, -0.05) is 17.7 Å². The number of benzene rings is 1. The molecular formula is C12H11NO3. The number of anilines is 1. The van der Waals surface area contributed by atoms with Gasteiger partial charge in [-0.05, 0) is 19.1 Å². The molecule has 4 heteroatoms. The zero-order valence-corrected chi connectivity index (χ0v) is 9.03. The van der Waals surface area contributed by atoms with Crippen molar-refractivity contribution in [1.82, 2.24) is 0 Å². The number of hydrogen-bond donors (Lipinski definition) is 1. The second kappa shape index (κ2) is 5.56. The summed E-state index contributed by atoms with van der Waals surface area (Å²) in [4.78, 5) is 21.9. The van der Waals surface area contributed by atoms with Crippen LogP contribution in [0, 0.1) is 18.8 Å². The van der Waals surface area contributed by atoms with Crippen molar-refractivity contribution in [3.8, 4) is 11.8 Å². The number of methoxy groups -OCH3 is 1. The van der Waals surface area contributed by atoms with Crippen LogP contribution in [0.4, 0.5) is 5.69 Å². The fourth-order valence-electron chi connectivity index (χ4n) is 0.958. The van der Waals surface area contributed by atoms with Crippen LogP contribution in [0.2, 0.25) is 0 Å². The number of carbonyl (C=O) groups excluding carboxylic acids is 2. The smallest absolute Gasteiger partial charge is 0.384 e. The molecular weight excluding hydrogens is 206 g/mol. The number of nitrogens with one attached hydrogen (secondary N) is 1. The first-order chi connectivity index (χ1) is 7.61. The molecule has 0 aliphatic rings. The van der Waals surface area contributed by atoms with Gasteiger partial charge in [-0.2, -0.15) is 0 Å². The number of carbonyl (C=O) groups is 2. The van der Waals surface area contributed by atoms with Crippen LogP contribution in [-0.4, -0.2) is 19.0 Å². The van der Waals surface area contributed by atoms with Crippen molar-refractivity contribution < 1.29 is 14.3 Å². The third kappa shape index (κ3) is 3.84. The average molecular weight is 217 g/mol. The molecule has 0 saturated carbocycles. The van der Waals surface area contributed by atoms with Crippen LogP contribution >= 0.6 is 0 Å². The molecule has 4 nitrogen and oxygen atoms in total. The maximum absolute atomic E-state index is 11.2. The van der Waals surface area contributed by atoms with Crippen molar-refractivity contribution in [1.29, 1.82) is 0 Å². The van der Waals surface area contributed by atoms with Gasteiger partial charge in [0.05, 0.1) is 7.11 Å². The number of hydrogen-bond acceptors (Lipinski definition) is 3. The summed E-state index contributed by atoms with van der Waals surface area (Å²) in [6, 6.07) is 7.24. The highest BCUT2D eigenvalue weighted by molar-refractivity contribution is 6.07. The van der Waals surface area contributed by atoms with E-state index in [0.717, 1.165) is 5.56 Å². The Bertz CT molecular complexity index is 451. The summed E-state index contributed by atoms with van der Waals surface area (Å²) in [5, 5.41) is 2.53. The largest absolute Gasteiger partial charge is 0.459 e. The maximum atomic E-state index is 11.2. The minimum atomic E-state index is -0.737. The predicted molar refractivity (Wildman–Crippen MR) is 59.6 cm³/mol. The quantitative estimate of drug-likeness (QED) is 0.435. The molecule has 0 atom stereocenters. The fourth-order valence-corrected chi connectivity index (χ4v) is 0.958. The molecule has 1 rings (SSSR count). The molecule has 16 heavy (non-hydrogen) atoms. The van der Waals surface area contributed by atoms with Crippen LogP contribution in [0.3, 0.4) is 0 Å². The van der Waals surface area contributed by atoms with Crippen LogP contribution in [0.15, 0.2) is 24.3 Å². The molecule has 1 amide bonds. The topological polar surface area (TPSA) is 55.4 Å². The highest BCUT2D eigenvalue weighted by Crippen LogP contribution is 2.07. The van der Waals surface area contributed by atoms with Crippen molar-refractivity contribution in [2.24, 2.45) is 0 Å². The van der Waals surface area contributed by atoms with E-state index in [1.807, 2.05) is 25.0 Å². The van der Waals surface area contributed by atoms with E-state index in [2.05, 4.69) is 16.0 Å². The number of ether oxygens (including phenoxy) is 1. The predicted octanol–water partition coefficient (Wildman–Crippen LogP) is 1.11. The summed E-state index contributed by atoms with van der Waals surface area (Å²) < 4.78 is 4.27. The van der Waals surface area contributed by atoms with E-state index < -0.39 is 11.9 Å². The third-order valence-corrected chi connectivity index (χ3v) is 1.77. The normalized spacial score (nSPS) is 8.62. The average Bonchev–Trinajstić information content (AvgIpc) is 2.29. The summed E-state index contributed by atoms with van der Waals surface area (Å²) >= 11 is 0. The molecule has 0 aromatic heterocycles. The maximum Gasteiger partial charge on any atom is 0.384 e. The zero-order chi connectivity index (χ0) is 12.0. The van der Waals surface area contributed by atoms with Gasteiger partial charge in [0, 0.05) is 17.5 Å². The van der Waals surface area contributed by atoms with E-state index in [-0.39, 0.29) is 0 Å².